The molecular formula is C22H27N3O3S. The maximum Gasteiger partial charge on any atom is 0.238 e. The normalized spacial score (nSPS) is 19.3. The molecule has 0 bridgehead atoms. The SMILES string of the molecule is O=C(CN(Cc1cccs1)CC1CCCO1)Nc1cccc(N2CCCC2=O)c1. The van der Waals surface area contributed by atoms with E-state index in [9.17, 15) is 9.59 Å². The van der Waals surface area contributed by atoms with Crippen molar-refractivity contribution in [2.75, 3.05) is 36.5 Å². The lowest BCUT2D eigenvalue weighted by Crippen LogP contribution is -2.37. The Morgan fingerprint density at radius 1 is 1.28 bits per heavy atom. The third kappa shape index (κ3) is 5.44. The Hall–Kier alpha value is -2.22. The van der Waals surface area contributed by atoms with E-state index in [1.54, 1.807) is 16.2 Å². The van der Waals surface area contributed by atoms with Crippen LogP contribution in [-0.2, 0) is 20.9 Å². The lowest BCUT2D eigenvalue weighted by molar-refractivity contribution is -0.118. The van der Waals surface area contributed by atoms with Crippen LogP contribution >= 0.6 is 11.3 Å². The number of nitrogens with zero attached hydrogens (tertiary/aromatic N) is 2. The van der Waals surface area contributed by atoms with Crippen LogP contribution in [0.25, 0.3) is 0 Å². The number of hydrogen-bond donors (Lipinski definition) is 1. The Labute approximate surface area is 175 Å². The molecule has 6 nitrogen and oxygen atoms in total. The molecule has 29 heavy (non-hydrogen) atoms. The quantitative estimate of drug-likeness (QED) is 0.720. The van der Waals surface area contributed by atoms with Gasteiger partial charge >= 0.3 is 0 Å². The van der Waals surface area contributed by atoms with Gasteiger partial charge in [0.15, 0.2) is 0 Å². The molecule has 1 unspecified atom stereocenters. The van der Waals surface area contributed by atoms with Crippen molar-refractivity contribution in [3.8, 4) is 0 Å². The largest absolute Gasteiger partial charge is 0.377 e. The van der Waals surface area contributed by atoms with E-state index >= 15 is 0 Å². The lowest BCUT2D eigenvalue weighted by Gasteiger charge is -2.24. The number of amides is 2. The minimum absolute atomic E-state index is 0.0514. The molecule has 0 saturated carbocycles. The first-order valence-electron chi connectivity index (χ1n) is 10.2. The smallest absolute Gasteiger partial charge is 0.238 e. The molecule has 1 atom stereocenters. The molecule has 2 saturated heterocycles. The van der Waals surface area contributed by atoms with Gasteiger partial charge in [-0.2, -0.15) is 0 Å². The number of thiophene rings is 1. The van der Waals surface area contributed by atoms with Crippen molar-refractivity contribution in [2.45, 2.75) is 38.3 Å². The van der Waals surface area contributed by atoms with Gasteiger partial charge < -0.3 is 15.0 Å². The van der Waals surface area contributed by atoms with Crippen molar-refractivity contribution in [2.24, 2.45) is 0 Å². The Morgan fingerprint density at radius 2 is 2.21 bits per heavy atom. The van der Waals surface area contributed by atoms with Crippen LogP contribution in [-0.4, -0.2) is 49.1 Å². The summed E-state index contributed by atoms with van der Waals surface area (Å²) in [4.78, 5) is 29.9. The molecule has 2 aliphatic heterocycles. The molecule has 2 fully saturated rings. The monoisotopic (exact) mass is 413 g/mol. The van der Waals surface area contributed by atoms with E-state index < -0.39 is 0 Å². The van der Waals surface area contributed by atoms with Crippen LogP contribution in [0.5, 0.6) is 0 Å². The van der Waals surface area contributed by atoms with Crippen molar-refractivity contribution in [3.63, 3.8) is 0 Å². The molecule has 0 spiro atoms. The number of benzene rings is 1. The number of carbonyl (C=O) groups excluding carboxylic acids is 2. The van der Waals surface area contributed by atoms with Gasteiger partial charge in [-0.05, 0) is 48.9 Å². The highest BCUT2D eigenvalue weighted by Gasteiger charge is 2.23. The number of carbonyl (C=O) groups is 2. The fourth-order valence-electron chi connectivity index (χ4n) is 3.96. The van der Waals surface area contributed by atoms with Crippen molar-refractivity contribution < 1.29 is 14.3 Å². The van der Waals surface area contributed by atoms with Crippen LogP contribution in [0.1, 0.15) is 30.6 Å². The van der Waals surface area contributed by atoms with E-state index in [1.807, 2.05) is 30.3 Å². The first kappa shape index (κ1) is 20.1. The van der Waals surface area contributed by atoms with Crippen LogP contribution in [0.4, 0.5) is 11.4 Å². The lowest BCUT2D eigenvalue weighted by atomic mass is 10.2. The molecule has 4 rings (SSSR count). The van der Waals surface area contributed by atoms with Gasteiger partial charge in [-0.1, -0.05) is 12.1 Å². The number of rotatable bonds is 8. The van der Waals surface area contributed by atoms with Crippen LogP contribution in [0, 0.1) is 0 Å². The van der Waals surface area contributed by atoms with E-state index in [-0.39, 0.29) is 17.9 Å². The Kier molecular flexibility index (Phi) is 6.59. The molecule has 1 aromatic carbocycles. The fraction of sp³-hybridized carbons (Fsp3) is 0.455. The highest BCUT2D eigenvalue weighted by molar-refractivity contribution is 7.09. The second-order valence-electron chi connectivity index (χ2n) is 7.63. The summed E-state index contributed by atoms with van der Waals surface area (Å²) in [5.74, 6) is 0.0941. The molecule has 3 heterocycles. The zero-order valence-corrected chi connectivity index (χ0v) is 17.3. The fourth-order valence-corrected chi connectivity index (χ4v) is 4.71. The molecule has 7 heteroatoms. The van der Waals surface area contributed by atoms with Crippen molar-refractivity contribution >= 4 is 34.5 Å². The Bertz CT molecular complexity index is 834. The van der Waals surface area contributed by atoms with E-state index in [0.717, 1.165) is 56.9 Å². The second-order valence-corrected chi connectivity index (χ2v) is 8.66. The molecule has 0 aliphatic carbocycles. The molecule has 154 valence electrons. The first-order chi connectivity index (χ1) is 14.2. The second kappa shape index (κ2) is 9.52. The van der Waals surface area contributed by atoms with Crippen LogP contribution in [0.3, 0.4) is 0 Å². The molecule has 2 amide bonds. The van der Waals surface area contributed by atoms with Gasteiger partial charge in [-0.15, -0.1) is 11.3 Å². The van der Waals surface area contributed by atoms with Crippen LogP contribution in [0.15, 0.2) is 41.8 Å². The highest BCUT2D eigenvalue weighted by atomic mass is 32.1. The van der Waals surface area contributed by atoms with Gasteiger partial charge in [-0.3, -0.25) is 14.5 Å². The topological polar surface area (TPSA) is 61.9 Å². The van der Waals surface area contributed by atoms with Gasteiger partial charge in [-0.25, -0.2) is 0 Å². The number of ether oxygens (including phenoxy) is 1. The summed E-state index contributed by atoms with van der Waals surface area (Å²) < 4.78 is 5.78. The van der Waals surface area contributed by atoms with Gasteiger partial charge in [0.1, 0.15) is 0 Å². The van der Waals surface area contributed by atoms with Crippen molar-refractivity contribution in [1.29, 1.82) is 0 Å². The number of anilines is 2. The maximum absolute atomic E-state index is 12.8. The van der Waals surface area contributed by atoms with Gasteiger partial charge in [0.05, 0.1) is 12.6 Å². The standard InChI is InChI=1S/C22H27N3O3S/c26-21(23-17-5-1-6-18(13-17)25-10-2-9-22(25)27)16-24(14-19-7-3-11-28-19)15-20-8-4-12-29-20/h1,4-6,8,12-13,19H,2-3,7,9-11,14-16H2,(H,23,26). The summed E-state index contributed by atoms with van der Waals surface area (Å²) in [6, 6.07) is 11.7. The van der Waals surface area contributed by atoms with Crippen LogP contribution in [0.2, 0.25) is 0 Å². The van der Waals surface area contributed by atoms with E-state index in [0.29, 0.717) is 13.0 Å². The van der Waals surface area contributed by atoms with E-state index in [4.69, 9.17) is 4.74 Å². The third-order valence-corrected chi connectivity index (χ3v) is 6.19. The minimum Gasteiger partial charge on any atom is -0.377 e. The zero-order valence-electron chi connectivity index (χ0n) is 16.5. The molecular weight excluding hydrogens is 386 g/mol. The zero-order chi connectivity index (χ0) is 20.1. The molecule has 2 aromatic rings. The predicted octanol–water partition coefficient (Wildman–Crippen LogP) is 3.49. The van der Waals surface area contributed by atoms with Crippen LogP contribution < -0.4 is 10.2 Å². The Morgan fingerprint density at radius 3 is 2.93 bits per heavy atom. The molecule has 0 radical (unpaired) electrons. The highest BCUT2D eigenvalue weighted by Crippen LogP contribution is 2.24. The maximum atomic E-state index is 12.8. The molecule has 2 aliphatic rings. The molecule has 1 aromatic heterocycles. The number of nitrogens with one attached hydrogen (secondary N) is 1. The number of hydrogen-bond acceptors (Lipinski definition) is 5. The van der Waals surface area contributed by atoms with Crippen molar-refractivity contribution in [3.05, 3.63) is 46.7 Å². The van der Waals surface area contributed by atoms with E-state index in [2.05, 4.69) is 21.7 Å². The average molecular weight is 414 g/mol. The van der Waals surface area contributed by atoms with Gasteiger partial charge in [0, 0.05) is 48.9 Å². The first-order valence-corrected chi connectivity index (χ1v) is 11.1. The van der Waals surface area contributed by atoms with Gasteiger partial charge in [0.25, 0.3) is 0 Å². The summed E-state index contributed by atoms with van der Waals surface area (Å²) in [5.41, 5.74) is 1.57. The summed E-state index contributed by atoms with van der Waals surface area (Å²) in [6.07, 6.45) is 3.82. The Balaban J connectivity index is 1.38. The van der Waals surface area contributed by atoms with Gasteiger partial charge in [0.2, 0.25) is 11.8 Å². The minimum atomic E-state index is -0.0514. The summed E-state index contributed by atoms with van der Waals surface area (Å²) in [5, 5.41) is 5.06. The van der Waals surface area contributed by atoms with E-state index in [1.165, 1.54) is 4.88 Å². The molecule has 1 N–H and O–H groups in total. The third-order valence-electron chi connectivity index (χ3n) is 5.33. The van der Waals surface area contributed by atoms with Crippen molar-refractivity contribution in [1.82, 2.24) is 4.90 Å². The average Bonchev–Trinajstić information content (AvgIpc) is 3.45. The predicted molar refractivity (Wildman–Crippen MR) is 115 cm³/mol. The summed E-state index contributed by atoms with van der Waals surface area (Å²) >= 11 is 1.70. The summed E-state index contributed by atoms with van der Waals surface area (Å²) in [6.45, 7) is 3.36. The summed E-state index contributed by atoms with van der Waals surface area (Å²) in [7, 11) is 0.